The number of hydrogen-bond acceptors (Lipinski definition) is 3. The zero-order valence-electron chi connectivity index (χ0n) is 17.1. The van der Waals surface area contributed by atoms with Crippen molar-refractivity contribution in [1.82, 2.24) is 0 Å². The molecule has 0 spiro atoms. The Morgan fingerprint density at radius 3 is 2.30 bits per heavy atom. The van der Waals surface area contributed by atoms with Crippen LogP contribution in [0, 0.1) is 5.82 Å². The topological polar surface area (TPSA) is 49.7 Å². The zero-order chi connectivity index (χ0) is 21.3. The van der Waals surface area contributed by atoms with Gasteiger partial charge in [-0.3, -0.25) is 0 Å². The van der Waals surface area contributed by atoms with Crippen LogP contribution in [0.3, 0.4) is 0 Å². The van der Waals surface area contributed by atoms with E-state index in [4.69, 9.17) is 4.74 Å². The van der Waals surface area contributed by atoms with Gasteiger partial charge in [0.05, 0.1) is 0 Å². The molecule has 3 aromatic carbocycles. The fourth-order valence-corrected chi connectivity index (χ4v) is 3.18. The van der Waals surface area contributed by atoms with E-state index in [0.29, 0.717) is 5.75 Å². The number of unbranched alkanes of at least 4 members (excludes halogenated alkanes) is 2. The Morgan fingerprint density at radius 1 is 0.933 bits per heavy atom. The number of aryl methyl sites for hydroxylation is 1. The maximum Gasteiger partial charge on any atom is 0.217 e. The molecule has 0 saturated heterocycles. The van der Waals surface area contributed by atoms with Crippen molar-refractivity contribution in [3.8, 4) is 22.6 Å². The maximum atomic E-state index is 14.4. The van der Waals surface area contributed by atoms with Gasteiger partial charge >= 0.3 is 0 Å². The molecule has 0 fully saturated rings. The molecule has 0 aliphatic carbocycles. The summed E-state index contributed by atoms with van der Waals surface area (Å²) in [7, 11) is 0. The number of aliphatic hydroxyl groups is 1. The predicted molar refractivity (Wildman–Crippen MR) is 119 cm³/mol. The van der Waals surface area contributed by atoms with Gasteiger partial charge in [-0.15, -0.1) is 0 Å². The molecule has 156 valence electrons. The largest absolute Gasteiger partial charge is 0.508 e. The third kappa shape index (κ3) is 6.19. The SMILES string of the molecule is CCCCCc1ccc(-c2ccc(OC(O)/C=C/c3ccc(O)cc3)cc2)cc1F. The summed E-state index contributed by atoms with van der Waals surface area (Å²) in [6, 6.07) is 19.2. The fraction of sp³-hybridized carbons (Fsp3) is 0.231. The number of aromatic hydroxyl groups is 1. The highest BCUT2D eigenvalue weighted by atomic mass is 19.1. The molecule has 0 saturated carbocycles. The first-order valence-corrected chi connectivity index (χ1v) is 10.3. The van der Waals surface area contributed by atoms with E-state index in [0.717, 1.165) is 47.9 Å². The molecular weight excluding hydrogens is 379 g/mol. The number of hydrogen-bond donors (Lipinski definition) is 2. The molecule has 0 aromatic heterocycles. The van der Waals surface area contributed by atoms with Crippen molar-refractivity contribution in [1.29, 1.82) is 0 Å². The molecule has 0 bridgehead atoms. The quantitative estimate of drug-likeness (QED) is 0.322. The summed E-state index contributed by atoms with van der Waals surface area (Å²) in [5, 5.41) is 19.3. The van der Waals surface area contributed by atoms with Crippen molar-refractivity contribution >= 4 is 6.08 Å². The van der Waals surface area contributed by atoms with E-state index in [9.17, 15) is 14.6 Å². The summed E-state index contributed by atoms with van der Waals surface area (Å²) in [5.74, 6) is 0.534. The predicted octanol–water partition coefficient (Wildman–Crippen LogP) is 6.34. The molecule has 0 radical (unpaired) electrons. The first-order valence-electron chi connectivity index (χ1n) is 10.3. The van der Waals surface area contributed by atoms with Crippen molar-refractivity contribution in [2.24, 2.45) is 0 Å². The summed E-state index contributed by atoms with van der Waals surface area (Å²) >= 11 is 0. The molecule has 0 aliphatic heterocycles. The Bertz CT molecular complexity index is 963. The fourth-order valence-electron chi connectivity index (χ4n) is 3.18. The minimum Gasteiger partial charge on any atom is -0.508 e. The van der Waals surface area contributed by atoms with Crippen molar-refractivity contribution in [3.05, 3.63) is 89.8 Å². The molecule has 0 amide bonds. The molecular formula is C26H27FO3. The summed E-state index contributed by atoms with van der Waals surface area (Å²) in [6.45, 7) is 2.14. The molecule has 3 rings (SSSR count). The smallest absolute Gasteiger partial charge is 0.217 e. The van der Waals surface area contributed by atoms with Crippen LogP contribution in [0.15, 0.2) is 72.8 Å². The Morgan fingerprint density at radius 2 is 1.63 bits per heavy atom. The first kappa shape index (κ1) is 21.6. The Labute approximate surface area is 177 Å². The normalized spacial score (nSPS) is 12.2. The minimum absolute atomic E-state index is 0.168. The van der Waals surface area contributed by atoms with E-state index >= 15 is 0 Å². The lowest BCUT2D eigenvalue weighted by atomic mass is 10.0. The highest BCUT2D eigenvalue weighted by molar-refractivity contribution is 5.64. The van der Waals surface area contributed by atoms with Crippen LogP contribution in [0.5, 0.6) is 11.5 Å². The second-order valence-corrected chi connectivity index (χ2v) is 7.25. The number of phenols is 1. The molecule has 4 heteroatoms. The number of rotatable bonds is 9. The lowest BCUT2D eigenvalue weighted by Crippen LogP contribution is -2.11. The molecule has 3 nitrogen and oxygen atoms in total. The highest BCUT2D eigenvalue weighted by Crippen LogP contribution is 2.25. The molecule has 2 N–H and O–H groups in total. The van der Waals surface area contributed by atoms with Gasteiger partial charge in [0.15, 0.2) is 0 Å². The van der Waals surface area contributed by atoms with Gasteiger partial charge in [-0.25, -0.2) is 4.39 Å². The lowest BCUT2D eigenvalue weighted by Gasteiger charge is -2.11. The average Bonchev–Trinajstić information content (AvgIpc) is 2.75. The van der Waals surface area contributed by atoms with Crippen LogP contribution >= 0.6 is 0 Å². The van der Waals surface area contributed by atoms with Gasteiger partial charge in [0.1, 0.15) is 17.3 Å². The number of ether oxygens (including phenoxy) is 1. The molecule has 0 aliphatic rings. The molecule has 0 heterocycles. The van der Waals surface area contributed by atoms with Gasteiger partial charge in [-0.05, 0) is 71.5 Å². The monoisotopic (exact) mass is 406 g/mol. The van der Waals surface area contributed by atoms with Crippen LogP contribution in [0.25, 0.3) is 17.2 Å². The number of aliphatic hydroxyl groups excluding tert-OH is 1. The van der Waals surface area contributed by atoms with Crippen LogP contribution in [0.2, 0.25) is 0 Å². The summed E-state index contributed by atoms with van der Waals surface area (Å²) in [6.07, 6.45) is 6.12. The van der Waals surface area contributed by atoms with Crippen molar-refractivity contribution < 1.29 is 19.3 Å². The van der Waals surface area contributed by atoms with Gasteiger partial charge in [-0.2, -0.15) is 0 Å². The summed E-state index contributed by atoms with van der Waals surface area (Å²) in [4.78, 5) is 0. The standard InChI is InChI=1S/C26H27FO3/c1-2-3-4-5-21-9-10-22(18-25(21)27)20-11-15-24(16-12-20)30-26(29)17-8-19-6-13-23(28)14-7-19/h6-18,26,28-29H,2-5H2,1H3/b17-8+. The van der Waals surface area contributed by atoms with Crippen molar-refractivity contribution in [2.45, 2.75) is 38.9 Å². The van der Waals surface area contributed by atoms with Gasteiger partial charge in [0.2, 0.25) is 6.29 Å². The van der Waals surface area contributed by atoms with E-state index in [1.54, 1.807) is 48.5 Å². The van der Waals surface area contributed by atoms with Crippen LogP contribution in [-0.4, -0.2) is 16.5 Å². The Balaban J connectivity index is 1.60. The molecule has 1 unspecified atom stereocenters. The third-order valence-corrected chi connectivity index (χ3v) is 4.89. The Kier molecular flexibility index (Phi) is 7.63. The highest BCUT2D eigenvalue weighted by Gasteiger charge is 2.07. The maximum absolute atomic E-state index is 14.4. The first-order chi connectivity index (χ1) is 14.5. The van der Waals surface area contributed by atoms with Gasteiger partial charge < -0.3 is 14.9 Å². The molecule has 3 aromatic rings. The molecule has 1 atom stereocenters. The molecule has 30 heavy (non-hydrogen) atoms. The van der Waals surface area contributed by atoms with E-state index in [-0.39, 0.29) is 11.6 Å². The van der Waals surface area contributed by atoms with Crippen LogP contribution in [-0.2, 0) is 6.42 Å². The zero-order valence-corrected chi connectivity index (χ0v) is 17.1. The minimum atomic E-state index is -1.11. The van der Waals surface area contributed by atoms with Gasteiger partial charge in [0, 0.05) is 0 Å². The van der Waals surface area contributed by atoms with Crippen LogP contribution in [0.1, 0.15) is 37.3 Å². The van der Waals surface area contributed by atoms with Crippen molar-refractivity contribution in [2.75, 3.05) is 0 Å². The number of benzene rings is 3. The van der Waals surface area contributed by atoms with Gasteiger partial charge in [-0.1, -0.05) is 62.2 Å². The second-order valence-electron chi connectivity index (χ2n) is 7.25. The number of phenolic OH excluding ortho intramolecular Hbond substituents is 1. The van der Waals surface area contributed by atoms with Gasteiger partial charge in [0.25, 0.3) is 0 Å². The third-order valence-electron chi connectivity index (χ3n) is 4.89. The van der Waals surface area contributed by atoms with Crippen LogP contribution in [0.4, 0.5) is 4.39 Å². The van der Waals surface area contributed by atoms with E-state index in [1.165, 1.54) is 6.08 Å². The van der Waals surface area contributed by atoms with Crippen LogP contribution < -0.4 is 4.74 Å². The lowest BCUT2D eigenvalue weighted by molar-refractivity contribution is 0.0254. The second kappa shape index (κ2) is 10.6. The number of halogens is 1. The average molecular weight is 406 g/mol. The Hall–Kier alpha value is -3.11. The summed E-state index contributed by atoms with van der Waals surface area (Å²) in [5.41, 5.74) is 3.29. The van der Waals surface area contributed by atoms with E-state index < -0.39 is 6.29 Å². The van der Waals surface area contributed by atoms with E-state index in [2.05, 4.69) is 6.92 Å². The summed E-state index contributed by atoms with van der Waals surface area (Å²) < 4.78 is 19.9. The van der Waals surface area contributed by atoms with E-state index in [1.807, 2.05) is 24.3 Å². The van der Waals surface area contributed by atoms with Crippen molar-refractivity contribution in [3.63, 3.8) is 0 Å².